The van der Waals surface area contributed by atoms with Gasteiger partial charge in [0, 0.05) is 54.2 Å². The Balaban J connectivity index is 1.75. The maximum Gasteiger partial charge on any atom is 0.232 e. The monoisotopic (exact) mass is 464 g/mol. The average Bonchev–Trinajstić information content (AvgIpc) is 2.83. The summed E-state index contributed by atoms with van der Waals surface area (Å²) in [6.07, 6.45) is 7.13. The number of benzene rings is 1. The lowest BCUT2D eigenvalue weighted by atomic mass is 9.89. The zero-order valence-corrected chi connectivity index (χ0v) is 19.9. The van der Waals surface area contributed by atoms with Gasteiger partial charge in [-0.1, -0.05) is 6.07 Å². The van der Waals surface area contributed by atoms with Gasteiger partial charge in [-0.3, -0.25) is 4.98 Å². The Morgan fingerprint density at radius 2 is 1.88 bits per heavy atom. The summed E-state index contributed by atoms with van der Waals surface area (Å²) in [5.41, 5.74) is 4.30. The fraction of sp³-hybridized carbons (Fsp3) is 0.417. The molecule has 33 heavy (non-hydrogen) atoms. The van der Waals surface area contributed by atoms with Crippen molar-refractivity contribution in [3.05, 3.63) is 48.2 Å². The van der Waals surface area contributed by atoms with Gasteiger partial charge in [0.25, 0.3) is 0 Å². The van der Waals surface area contributed by atoms with Crippen LogP contribution in [0, 0.1) is 17.2 Å². The number of pyridine rings is 1. The van der Waals surface area contributed by atoms with Crippen molar-refractivity contribution in [2.45, 2.75) is 31.6 Å². The number of hydrogen-bond acceptors (Lipinski definition) is 7. The minimum Gasteiger partial charge on any atom is -0.371 e. The quantitative estimate of drug-likeness (QED) is 0.553. The van der Waals surface area contributed by atoms with Gasteiger partial charge in [-0.05, 0) is 57.5 Å². The van der Waals surface area contributed by atoms with Crippen LogP contribution in [0.15, 0.2) is 36.8 Å². The van der Waals surface area contributed by atoms with E-state index in [4.69, 9.17) is 5.26 Å². The number of nitrogens with zero attached hydrogens (tertiary/aromatic N) is 6. The summed E-state index contributed by atoms with van der Waals surface area (Å²) < 4.78 is 21.4. The predicted octanol–water partition coefficient (Wildman–Crippen LogP) is 3.45. The lowest BCUT2D eigenvalue weighted by Crippen LogP contribution is -2.42. The molecule has 4 rings (SSSR count). The van der Waals surface area contributed by atoms with E-state index in [0.29, 0.717) is 12.0 Å². The van der Waals surface area contributed by atoms with Gasteiger partial charge < -0.3 is 14.4 Å². The summed E-state index contributed by atoms with van der Waals surface area (Å²) >= 11 is -1.96. The molecule has 0 radical (unpaired) electrons. The summed E-state index contributed by atoms with van der Waals surface area (Å²) in [6, 6.07) is 8.40. The first-order chi connectivity index (χ1) is 15.9. The van der Waals surface area contributed by atoms with E-state index in [-0.39, 0.29) is 11.6 Å². The number of aromatic nitrogens is 3. The van der Waals surface area contributed by atoms with E-state index in [2.05, 4.69) is 45.8 Å². The molecule has 0 aliphatic carbocycles. The number of piperidine rings is 1. The van der Waals surface area contributed by atoms with Crippen LogP contribution in [0.4, 0.5) is 5.69 Å². The van der Waals surface area contributed by atoms with Crippen molar-refractivity contribution in [2.75, 3.05) is 32.1 Å². The number of nitriles is 1. The fourth-order valence-electron chi connectivity index (χ4n) is 4.57. The zero-order chi connectivity index (χ0) is 23.5. The van der Waals surface area contributed by atoms with Gasteiger partial charge in [-0.2, -0.15) is 5.26 Å². The SMILES string of the molecule is CC(C1CCN(c2c(CS(=O)O)cnc3ccc(-c4cnc(C#N)nc4)cc23)CC1)N(C)C. The second kappa shape index (κ2) is 9.91. The van der Waals surface area contributed by atoms with Crippen LogP contribution >= 0.6 is 0 Å². The van der Waals surface area contributed by atoms with Crippen molar-refractivity contribution in [3.63, 3.8) is 0 Å². The lowest BCUT2D eigenvalue weighted by Gasteiger charge is -2.39. The van der Waals surface area contributed by atoms with Gasteiger partial charge >= 0.3 is 0 Å². The topological polar surface area (TPSA) is 106 Å². The Hall–Kier alpha value is -2.93. The van der Waals surface area contributed by atoms with E-state index < -0.39 is 11.1 Å². The highest BCUT2D eigenvalue weighted by Crippen LogP contribution is 2.36. The third-order valence-corrected chi connectivity index (χ3v) is 7.19. The second-order valence-corrected chi connectivity index (χ2v) is 9.70. The molecule has 3 heterocycles. The summed E-state index contributed by atoms with van der Waals surface area (Å²) in [7, 11) is 4.24. The van der Waals surface area contributed by atoms with E-state index in [1.165, 1.54) is 0 Å². The Morgan fingerprint density at radius 1 is 1.18 bits per heavy atom. The Labute approximate surface area is 196 Å². The molecular weight excluding hydrogens is 436 g/mol. The van der Waals surface area contributed by atoms with Crippen LogP contribution in [0.3, 0.4) is 0 Å². The van der Waals surface area contributed by atoms with Crippen molar-refractivity contribution < 1.29 is 8.76 Å². The van der Waals surface area contributed by atoms with E-state index in [1.807, 2.05) is 24.3 Å². The molecular formula is C24H28N6O2S. The molecule has 1 saturated heterocycles. The van der Waals surface area contributed by atoms with Crippen molar-refractivity contribution in [2.24, 2.45) is 5.92 Å². The first-order valence-electron chi connectivity index (χ1n) is 11.0. The largest absolute Gasteiger partial charge is 0.371 e. The molecule has 0 spiro atoms. The second-order valence-electron chi connectivity index (χ2n) is 8.77. The molecule has 1 aliphatic heterocycles. The smallest absolute Gasteiger partial charge is 0.232 e. The standard InChI is InChI=1S/C24H28N6O2S/c1-16(29(2)3)17-6-8-30(9-7-17)24-20(15-33(31)32)14-26-22-5-4-18(10-21(22)24)19-12-27-23(11-25)28-13-19/h4-5,10,12-14,16-17H,6-9,15H2,1-3H3,(H,31,32). The molecule has 1 aliphatic rings. The molecule has 2 atom stereocenters. The van der Waals surface area contributed by atoms with Gasteiger partial charge in [0.2, 0.25) is 5.82 Å². The molecule has 0 amide bonds. The summed E-state index contributed by atoms with van der Waals surface area (Å²) in [6.45, 7) is 4.04. The number of anilines is 1. The van der Waals surface area contributed by atoms with E-state index >= 15 is 0 Å². The molecule has 0 saturated carbocycles. The third-order valence-electron chi connectivity index (χ3n) is 6.63. The first-order valence-corrected chi connectivity index (χ1v) is 12.3. The minimum atomic E-state index is -1.96. The van der Waals surface area contributed by atoms with Crippen LogP contribution in [0.1, 0.15) is 31.2 Å². The summed E-state index contributed by atoms with van der Waals surface area (Å²) in [4.78, 5) is 17.3. The molecule has 1 N–H and O–H groups in total. The molecule has 1 aromatic carbocycles. The van der Waals surface area contributed by atoms with E-state index in [1.54, 1.807) is 18.6 Å². The minimum absolute atomic E-state index is 0.0382. The first kappa shape index (κ1) is 23.2. The highest BCUT2D eigenvalue weighted by Gasteiger charge is 2.27. The predicted molar refractivity (Wildman–Crippen MR) is 130 cm³/mol. The number of fused-ring (bicyclic) bond motifs is 1. The highest BCUT2D eigenvalue weighted by molar-refractivity contribution is 7.78. The Kier molecular flexibility index (Phi) is 6.98. The summed E-state index contributed by atoms with van der Waals surface area (Å²) in [5.74, 6) is 0.784. The van der Waals surface area contributed by atoms with Crippen molar-refractivity contribution in [1.82, 2.24) is 19.9 Å². The Bertz CT molecular complexity index is 1200. The number of rotatable bonds is 6. The molecule has 9 heteroatoms. The molecule has 3 aromatic rings. The molecule has 2 aromatic heterocycles. The Morgan fingerprint density at radius 3 is 2.48 bits per heavy atom. The van der Waals surface area contributed by atoms with Crippen LogP contribution in [0.25, 0.3) is 22.0 Å². The van der Waals surface area contributed by atoms with Gasteiger partial charge in [-0.25, -0.2) is 14.2 Å². The molecule has 2 unspecified atom stereocenters. The number of hydrogen-bond donors (Lipinski definition) is 1. The van der Waals surface area contributed by atoms with Gasteiger partial charge in [-0.15, -0.1) is 0 Å². The lowest BCUT2D eigenvalue weighted by molar-refractivity contribution is 0.199. The molecule has 0 bridgehead atoms. The average molecular weight is 465 g/mol. The van der Waals surface area contributed by atoms with Gasteiger partial charge in [0.15, 0.2) is 11.1 Å². The zero-order valence-electron chi connectivity index (χ0n) is 19.1. The van der Waals surface area contributed by atoms with Crippen molar-refractivity contribution in [1.29, 1.82) is 5.26 Å². The third kappa shape index (κ3) is 5.03. The van der Waals surface area contributed by atoms with Crippen LogP contribution < -0.4 is 4.90 Å². The van der Waals surface area contributed by atoms with Crippen LogP contribution in [0.2, 0.25) is 0 Å². The van der Waals surface area contributed by atoms with Gasteiger partial charge in [0.1, 0.15) is 6.07 Å². The van der Waals surface area contributed by atoms with Gasteiger partial charge in [0.05, 0.1) is 17.0 Å². The highest BCUT2D eigenvalue weighted by atomic mass is 32.2. The maximum absolute atomic E-state index is 11.7. The van der Waals surface area contributed by atoms with Crippen LogP contribution in [0.5, 0.6) is 0 Å². The molecule has 8 nitrogen and oxygen atoms in total. The van der Waals surface area contributed by atoms with Crippen LogP contribution in [-0.4, -0.2) is 61.8 Å². The van der Waals surface area contributed by atoms with Crippen molar-refractivity contribution in [3.8, 4) is 17.2 Å². The van der Waals surface area contributed by atoms with E-state index in [9.17, 15) is 8.76 Å². The van der Waals surface area contributed by atoms with Crippen molar-refractivity contribution >= 4 is 27.7 Å². The fourth-order valence-corrected chi connectivity index (χ4v) is 5.05. The molecule has 1 fully saturated rings. The van der Waals surface area contributed by atoms with Crippen LogP contribution in [-0.2, 0) is 16.8 Å². The summed E-state index contributed by atoms with van der Waals surface area (Å²) in [5, 5.41) is 9.91. The normalized spacial score (nSPS) is 16.7. The maximum atomic E-state index is 11.7. The van der Waals surface area contributed by atoms with E-state index in [0.717, 1.165) is 59.2 Å². The molecule has 172 valence electrons.